The molecule has 0 saturated carbocycles. The van der Waals surface area contributed by atoms with E-state index in [1.54, 1.807) is 0 Å². The molecule has 11 heavy (non-hydrogen) atoms. The summed E-state index contributed by atoms with van der Waals surface area (Å²) in [6, 6.07) is -3.63. The highest BCUT2D eigenvalue weighted by Gasteiger charge is 2.09. The van der Waals surface area contributed by atoms with Gasteiger partial charge >= 0.3 is 0 Å². The van der Waals surface area contributed by atoms with Crippen LogP contribution in [0.4, 0.5) is 14.5 Å². The Morgan fingerprint density at radius 2 is 2.09 bits per heavy atom. The van der Waals surface area contributed by atoms with E-state index in [1.807, 2.05) is 0 Å². The van der Waals surface area contributed by atoms with Crippen LogP contribution in [0.5, 0.6) is 0 Å². The van der Waals surface area contributed by atoms with Gasteiger partial charge in [-0.3, -0.25) is 10.1 Å². The average Bonchev–Trinajstić information content (AvgIpc) is 2.11. The Morgan fingerprint density at radius 3 is 2.64 bits per heavy atom. The van der Waals surface area contributed by atoms with Crippen LogP contribution in [-0.2, 0) is 0 Å². The zero-order valence-electron chi connectivity index (χ0n) is 8.02. The number of hydrogen-bond donors (Lipinski definition) is 0. The van der Waals surface area contributed by atoms with Crippen LogP contribution in [0.1, 0.15) is 4.11 Å². The van der Waals surface area contributed by atoms with E-state index >= 15 is 0 Å². The van der Waals surface area contributed by atoms with Gasteiger partial charge in [-0.25, -0.2) is 8.78 Å². The van der Waals surface area contributed by atoms with E-state index in [1.165, 1.54) is 0 Å². The Labute approximate surface area is 64.6 Å². The Morgan fingerprint density at radius 1 is 1.45 bits per heavy atom. The van der Waals surface area contributed by atoms with Crippen molar-refractivity contribution in [2.75, 3.05) is 0 Å². The second kappa shape index (κ2) is 2.61. The normalized spacial score (nSPS) is 13.5. The minimum atomic E-state index is -1.78. The maximum Gasteiger partial charge on any atom is 0.272 e. The first kappa shape index (κ1) is 4.38. The van der Waals surface area contributed by atoms with Gasteiger partial charge in [-0.2, -0.15) is 0 Å². The van der Waals surface area contributed by atoms with Crippen LogP contribution in [0.3, 0.4) is 0 Å². The number of halogens is 2. The molecule has 0 aliphatic heterocycles. The van der Waals surface area contributed by atoms with Crippen molar-refractivity contribution in [3.63, 3.8) is 0 Å². The second-order valence-corrected chi connectivity index (χ2v) is 1.61. The molecule has 0 heterocycles. The molecule has 0 aliphatic carbocycles. The molecule has 0 bridgehead atoms. The summed E-state index contributed by atoms with van der Waals surface area (Å²) in [5.41, 5.74) is -1.20. The summed E-state index contributed by atoms with van der Waals surface area (Å²) in [7, 11) is 0. The molecule has 1 rings (SSSR count). The van der Waals surface area contributed by atoms with Crippen LogP contribution < -0.4 is 0 Å². The van der Waals surface area contributed by atoms with E-state index in [0.29, 0.717) is 0 Å². The average molecular weight is 162 g/mol. The first-order chi connectivity index (χ1) is 6.37. The van der Waals surface area contributed by atoms with Crippen molar-refractivity contribution in [3.05, 3.63) is 39.9 Å². The van der Waals surface area contributed by atoms with E-state index in [4.69, 9.17) is 4.11 Å². The Kier molecular flexibility index (Phi) is 1.04. The maximum atomic E-state index is 12.7. The van der Waals surface area contributed by atoms with Crippen molar-refractivity contribution in [1.29, 1.82) is 0 Å². The van der Waals surface area contributed by atoms with Crippen molar-refractivity contribution in [2.24, 2.45) is 0 Å². The summed E-state index contributed by atoms with van der Waals surface area (Å²) >= 11 is 0. The third-order valence-corrected chi connectivity index (χ3v) is 0.894. The van der Waals surface area contributed by atoms with Gasteiger partial charge in [0.1, 0.15) is 0 Å². The highest BCUT2D eigenvalue weighted by Crippen LogP contribution is 2.14. The molecule has 0 amide bonds. The summed E-state index contributed by atoms with van der Waals surface area (Å²) < 4.78 is 46.0. The Hall–Kier alpha value is -1.52. The zero-order chi connectivity index (χ0) is 11.0. The zero-order valence-corrected chi connectivity index (χ0v) is 5.02. The molecule has 0 aromatic heterocycles. The molecule has 0 saturated heterocycles. The summed E-state index contributed by atoms with van der Waals surface area (Å²) in [5.74, 6) is -3.50. The highest BCUT2D eigenvalue weighted by atomic mass is 19.2. The summed E-state index contributed by atoms with van der Waals surface area (Å²) in [6.07, 6.45) is 0. The summed E-state index contributed by atoms with van der Waals surface area (Å²) in [4.78, 5) is 9.06. The molecule has 0 fully saturated rings. The Bertz CT molecular complexity index is 395. The summed E-state index contributed by atoms with van der Waals surface area (Å²) in [5, 5.41) is 10.3. The van der Waals surface area contributed by atoms with Gasteiger partial charge in [-0.15, -0.1) is 0 Å². The van der Waals surface area contributed by atoms with E-state index in [-0.39, 0.29) is 0 Å². The molecule has 0 atom stereocenters. The number of benzene rings is 1. The van der Waals surface area contributed by atoms with E-state index in [2.05, 4.69) is 0 Å². The molecule has 0 radical (unpaired) electrons. The number of nitro groups is 1. The lowest BCUT2D eigenvalue weighted by Gasteiger charge is -1.91. The summed E-state index contributed by atoms with van der Waals surface area (Å²) in [6.45, 7) is 0. The molecule has 1 aromatic carbocycles. The third kappa shape index (κ3) is 1.49. The van der Waals surface area contributed by atoms with Crippen molar-refractivity contribution in [3.8, 4) is 0 Å². The van der Waals surface area contributed by atoms with E-state index in [9.17, 15) is 18.9 Å². The lowest BCUT2D eigenvalue weighted by molar-refractivity contribution is -0.385. The van der Waals surface area contributed by atoms with Crippen LogP contribution in [-0.4, -0.2) is 4.92 Å². The molecule has 58 valence electrons. The molecule has 3 nitrogen and oxygen atoms in total. The van der Waals surface area contributed by atoms with Gasteiger partial charge in [0.25, 0.3) is 5.69 Å². The smallest absolute Gasteiger partial charge is 0.258 e. The first-order valence-electron chi connectivity index (χ1n) is 3.97. The standard InChI is InChI=1S/C6H3F2NO2/c7-5-2-1-4(9(10)11)3-6(5)8/h1-3H/i1D,2D,3D. The van der Waals surface area contributed by atoms with Gasteiger partial charge in [0.2, 0.25) is 0 Å². The van der Waals surface area contributed by atoms with Crippen LogP contribution >= 0.6 is 0 Å². The van der Waals surface area contributed by atoms with E-state index < -0.39 is 40.4 Å². The van der Waals surface area contributed by atoms with Crippen molar-refractivity contribution in [2.45, 2.75) is 0 Å². The van der Waals surface area contributed by atoms with Crippen molar-refractivity contribution >= 4 is 5.69 Å². The topological polar surface area (TPSA) is 43.1 Å². The number of rotatable bonds is 1. The Balaban J connectivity index is 3.68. The third-order valence-electron chi connectivity index (χ3n) is 0.894. The van der Waals surface area contributed by atoms with E-state index in [0.717, 1.165) is 0 Å². The second-order valence-electron chi connectivity index (χ2n) is 1.61. The number of hydrogen-bond acceptors (Lipinski definition) is 2. The largest absolute Gasteiger partial charge is 0.272 e. The molecular weight excluding hydrogens is 156 g/mol. The lowest BCUT2D eigenvalue weighted by atomic mass is 10.3. The predicted molar refractivity (Wildman–Crippen MR) is 33.0 cm³/mol. The van der Waals surface area contributed by atoms with Crippen LogP contribution in [0.2, 0.25) is 0 Å². The molecule has 0 spiro atoms. The minimum absolute atomic E-state index is 1.10. The van der Waals surface area contributed by atoms with Crippen LogP contribution in [0.25, 0.3) is 0 Å². The fraction of sp³-hybridized carbons (Fsp3) is 0. The van der Waals surface area contributed by atoms with Gasteiger partial charge in [0.15, 0.2) is 11.6 Å². The maximum absolute atomic E-state index is 12.7. The molecular formula is C6H3F2NO2. The molecule has 0 N–H and O–H groups in total. The lowest BCUT2D eigenvalue weighted by Crippen LogP contribution is -1.90. The molecule has 5 heteroatoms. The quantitative estimate of drug-likeness (QED) is 0.467. The first-order valence-corrected chi connectivity index (χ1v) is 2.47. The SMILES string of the molecule is [2H]c1c([2H])c([N+](=O)[O-])c([2H])c(F)c1F. The van der Waals surface area contributed by atoms with Gasteiger partial charge in [0, 0.05) is 6.04 Å². The fourth-order valence-corrected chi connectivity index (χ4v) is 0.450. The minimum Gasteiger partial charge on any atom is -0.258 e. The van der Waals surface area contributed by atoms with Gasteiger partial charge in [0.05, 0.1) is 15.1 Å². The monoisotopic (exact) mass is 162 g/mol. The molecule has 0 unspecified atom stereocenters. The number of nitro benzene ring substituents is 1. The molecule has 1 aromatic rings. The van der Waals surface area contributed by atoms with Crippen LogP contribution in [0, 0.1) is 21.7 Å². The highest BCUT2D eigenvalue weighted by molar-refractivity contribution is 5.30. The van der Waals surface area contributed by atoms with Gasteiger partial charge in [-0.05, 0) is 6.04 Å². The predicted octanol–water partition coefficient (Wildman–Crippen LogP) is 1.87. The van der Waals surface area contributed by atoms with Crippen molar-refractivity contribution < 1.29 is 17.8 Å². The van der Waals surface area contributed by atoms with Crippen molar-refractivity contribution in [1.82, 2.24) is 0 Å². The molecule has 0 aliphatic rings. The van der Waals surface area contributed by atoms with Gasteiger partial charge < -0.3 is 0 Å². The van der Waals surface area contributed by atoms with Gasteiger partial charge in [-0.1, -0.05) is 0 Å². The number of nitrogens with zero attached hydrogens (tertiary/aromatic N) is 1. The van der Waals surface area contributed by atoms with Crippen LogP contribution in [0.15, 0.2) is 18.1 Å². The fourth-order valence-electron chi connectivity index (χ4n) is 0.450.